The van der Waals surface area contributed by atoms with Gasteiger partial charge in [0.1, 0.15) is 0 Å². The van der Waals surface area contributed by atoms with Gasteiger partial charge in [0.2, 0.25) is 0 Å². The van der Waals surface area contributed by atoms with Gasteiger partial charge in [-0.3, -0.25) is 5.32 Å². The Hall–Kier alpha value is 0.300. The monoisotopic (exact) mass is 196 g/mol. The minimum Gasteiger partial charge on any atom is -0.594 e. The molecule has 6 heteroatoms. The molecular weight excluding hydrogens is 188 g/mol. The van der Waals surface area contributed by atoms with E-state index in [1.165, 1.54) is 6.26 Å². The van der Waals surface area contributed by atoms with Gasteiger partial charge >= 0.3 is 37.6 Å². The summed E-state index contributed by atoms with van der Waals surface area (Å²) in [5.41, 5.74) is 0. The molecule has 1 heterocycles. The molecule has 0 radical (unpaired) electrons. The molecule has 2 unspecified atom stereocenters. The van der Waals surface area contributed by atoms with Crippen LogP contribution in [0, 0.1) is 0 Å². The number of hydrogen-bond acceptors (Lipinski definition) is 4. The largest absolute Gasteiger partial charge is 1.00 e. The zero-order chi connectivity index (χ0) is 8.27. The fraction of sp³-hybridized carbons (Fsp3) is 0.333. The quantitative estimate of drug-likeness (QED) is 0.432. The Bertz CT molecular complexity index is 239. The second-order valence-electron chi connectivity index (χ2n) is 1.99. The molecule has 0 aliphatic rings. The maximum Gasteiger partial charge on any atom is 1.00 e. The minimum atomic E-state index is -2.52. The van der Waals surface area contributed by atoms with Crippen molar-refractivity contribution >= 4 is 8.03 Å². The van der Waals surface area contributed by atoms with E-state index in [0.29, 0.717) is 5.76 Å². The molecule has 12 heavy (non-hydrogen) atoms. The van der Waals surface area contributed by atoms with Crippen LogP contribution in [0.5, 0.6) is 0 Å². The summed E-state index contributed by atoms with van der Waals surface area (Å²) in [5, 5.41) is 2.61. The van der Waals surface area contributed by atoms with Gasteiger partial charge in [-0.05, 0) is 19.2 Å². The second-order valence-corrected chi connectivity index (χ2v) is 3.08. The number of rotatable bonds is 3. The summed E-state index contributed by atoms with van der Waals surface area (Å²) in [6, 6.07) is 3.27. The third-order valence-corrected chi connectivity index (χ3v) is 2.23. The average molecular weight is 196 g/mol. The van der Waals surface area contributed by atoms with Gasteiger partial charge in [-0.2, -0.15) is 0 Å². The zero-order valence-corrected chi connectivity index (χ0v) is 9.88. The van der Waals surface area contributed by atoms with Crippen LogP contribution in [0.1, 0.15) is 11.5 Å². The summed E-state index contributed by atoms with van der Waals surface area (Å²) in [6.45, 7) is 0. The van der Waals surface area contributed by atoms with Crippen molar-refractivity contribution in [3.8, 4) is 0 Å². The van der Waals surface area contributed by atoms with E-state index in [1.807, 2.05) is 0 Å². The topological polar surface area (TPSA) is 65.3 Å². The molecule has 1 rings (SSSR count). The molecule has 1 aromatic rings. The summed E-state index contributed by atoms with van der Waals surface area (Å²) in [7, 11) is -0.952. The second kappa shape index (κ2) is 5.86. The third kappa shape index (κ3) is 2.98. The Morgan fingerprint density at radius 2 is 2.42 bits per heavy atom. The fourth-order valence-corrected chi connectivity index (χ4v) is 1.36. The Labute approximate surface area is 93.5 Å². The summed E-state index contributed by atoms with van der Waals surface area (Å²) in [5.74, 6) is -0.288. The van der Waals surface area contributed by atoms with Crippen LogP contribution in [0.2, 0.25) is 0 Å². The van der Waals surface area contributed by atoms with Crippen molar-refractivity contribution in [3.63, 3.8) is 0 Å². The molecule has 4 nitrogen and oxygen atoms in total. The molecule has 0 spiro atoms. The van der Waals surface area contributed by atoms with Crippen molar-refractivity contribution < 1.29 is 43.4 Å². The maximum atomic E-state index is 10.5. The van der Waals surface area contributed by atoms with E-state index in [2.05, 4.69) is 5.32 Å². The van der Waals surface area contributed by atoms with Crippen LogP contribution in [-0.2, 0) is 4.57 Å². The first-order valence-corrected chi connectivity index (χ1v) is 4.34. The Morgan fingerprint density at radius 3 is 2.75 bits per heavy atom. The van der Waals surface area contributed by atoms with Gasteiger partial charge in [0, 0.05) is 0 Å². The molecule has 0 saturated carbocycles. The SMILES string of the molecule is CNC(c1ccco1)[P+](=O)[O-].[Na+]. The molecule has 0 saturated heterocycles. The predicted octanol–water partition coefficient (Wildman–Crippen LogP) is -2.40. The first-order valence-electron chi connectivity index (χ1n) is 3.10. The van der Waals surface area contributed by atoms with Crippen molar-refractivity contribution in [3.05, 3.63) is 24.2 Å². The molecule has 60 valence electrons. The van der Waals surface area contributed by atoms with Crippen molar-refractivity contribution in [1.82, 2.24) is 5.32 Å². The van der Waals surface area contributed by atoms with Crippen LogP contribution >= 0.6 is 8.03 Å². The van der Waals surface area contributed by atoms with Crippen LogP contribution < -0.4 is 39.8 Å². The van der Waals surface area contributed by atoms with E-state index in [0.717, 1.165) is 0 Å². The van der Waals surface area contributed by atoms with E-state index in [1.54, 1.807) is 19.2 Å². The molecule has 0 fully saturated rings. The van der Waals surface area contributed by atoms with Gasteiger partial charge in [0.05, 0.1) is 6.26 Å². The van der Waals surface area contributed by atoms with Gasteiger partial charge in [-0.25, -0.2) is 0 Å². The van der Waals surface area contributed by atoms with Crippen LogP contribution in [-0.4, -0.2) is 7.05 Å². The molecule has 0 amide bonds. The summed E-state index contributed by atoms with van der Waals surface area (Å²) >= 11 is 0. The van der Waals surface area contributed by atoms with Gasteiger partial charge in [0.25, 0.3) is 5.78 Å². The minimum absolute atomic E-state index is 0. The van der Waals surface area contributed by atoms with Crippen molar-refractivity contribution in [1.29, 1.82) is 0 Å². The molecule has 0 aromatic carbocycles. The third-order valence-electron chi connectivity index (χ3n) is 1.30. The number of furan rings is 1. The van der Waals surface area contributed by atoms with Crippen LogP contribution in [0.25, 0.3) is 0 Å². The average Bonchev–Trinajstić information content (AvgIpc) is 2.40. The van der Waals surface area contributed by atoms with Gasteiger partial charge in [-0.1, -0.05) is 4.57 Å². The molecule has 0 aliphatic heterocycles. The summed E-state index contributed by atoms with van der Waals surface area (Å²) in [6.07, 6.45) is 1.44. The first kappa shape index (κ1) is 12.3. The van der Waals surface area contributed by atoms with Crippen molar-refractivity contribution in [2.45, 2.75) is 5.78 Å². The van der Waals surface area contributed by atoms with Crippen molar-refractivity contribution in [2.75, 3.05) is 7.05 Å². The Balaban J connectivity index is 0.00000121. The molecule has 0 bridgehead atoms. The van der Waals surface area contributed by atoms with Crippen LogP contribution in [0.15, 0.2) is 22.8 Å². The standard InChI is InChI=1S/C6H8NO3P.Na/c1-7-6(11(8)9)5-3-2-4-10-5;/h2-4,6-7H,1H3;/q;+1. The number of nitrogens with one attached hydrogen (secondary N) is 1. The van der Waals surface area contributed by atoms with Crippen LogP contribution in [0.3, 0.4) is 0 Å². The molecular formula is C6H8NNaO3P+. The first-order chi connectivity index (χ1) is 5.25. The van der Waals surface area contributed by atoms with E-state index >= 15 is 0 Å². The smallest absolute Gasteiger partial charge is 0.594 e. The summed E-state index contributed by atoms with van der Waals surface area (Å²) < 4.78 is 15.4. The van der Waals surface area contributed by atoms with E-state index in [4.69, 9.17) is 4.42 Å². The molecule has 0 aliphatic carbocycles. The van der Waals surface area contributed by atoms with Gasteiger partial charge < -0.3 is 9.31 Å². The molecule has 1 aromatic heterocycles. The van der Waals surface area contributed by atoms with E-state index in [-0.39, 0.29) is 29.6 Å². The van der Waals surface area contributed by atoms with Crippen LogP contribution in [0.4, 0.5) is 0 Å². The Morgan fingerprint density at radius 1 is 1.75 bits per heavy atom. The van der Waals surface area contributed by atoms with Gasteiger partial charge in [-0.15, -0.1) is 0 Å². The summed E-state index contributed by atoms with van der Waals surface area (Å²) in [4.78, 5) is 10.5. The molecule has 2 atom stereocenters. The normalized spacial score (nSPS) is 13.3. The maximum absolute atomic E-state index is 10.5. The predicted molar refractivity (Wildman–Crippen MR) is 38.1 cm³/mol. The van der Waals surface area contributed by atoms with E-state index < -0.39 is 13.8 Å². The molecule has 1 N–H and O–H groups in total. The fourth-order valence-electron chi connectivity index (χ4n) is 0.798. The van der Waals surface area contributed by atoms with Crippen molar-refractivity contribution in [2.24, 2.45) is 0 Å². The zero-order valence-electron chi connectivity index (χ0n) is 6.98. The Kier molecular flexibility index (Phi) is 6.01. The van der Waals surface area contributed by atoms with E-state index in [9.17, 15) is 9.46 Å². The number of hydrogen-bond donors (Lipinski definition) is 1. The van der Waals surface area contributed by atoms with Gasteiger partial charge in [0.15, 0.2) is 5.76 Å².